The molecule has 0 spiro atoms. The molecule has 118 valence electrons. The van der Waals surface area contributed by atoms with Gasteiger partial charge in [0.1, 0.15) is 11.4 Å². The largest absolute Gasteiger partial charge is 0.491 e. The number of nitrogens with one attached hydrogen (secondary N) is 1. The van der Waals surface area contributed by atoms with Gasteiger partial charge < -0.3 is 14.8 Å². The maximum atomic E-state index is 12.2. The topological polar surface area (TPSA) is 47.6 Å². The third kappa shape index (κ3) is 5.76. The van der Waals surface area contributed by atoms with E-state index in [0.717, 1.165) is 24.3 Å². The van der Waals surface area contributed by atoms with Crippen LogP contribution in [-0.4, -0.2) is 24.2 Å². The average molecular weight is 293 g/mol. The number of anilines is 1. The van der Waals surface area contributed by atoms with Crippen LogP contribution in [0.15, 0.2) is 24.3 Å². The van der Waals surface area contributed by atoms with Crippen molar-refractivity contribution in [1.82, 2.24) is 0 Å². The predicted molar refractivity (Wildman–Crippen MR) is 85.8 cm³/mol. The lowest BCUT2D eigenvalue weighted by Gasteiger charge is -2.24. The van der Waals surface area contributed by atoms with Crippen molar-refractivity contribution >= 4 is 11.6 Å². The number of hydrogen-bond donors (Lipinski definition) is 1. The van der Waals surface area contributed by atoms with Crippen LogP contribution in [0.25, 0.3) is 0 Å². The maximum absolute atomic E-state index is 12.2. The molecule has 0 aromatic heterocycles. The lowest BCUT2D eigenvalue weighted by molar-refractivity contribution is -0.137. The molecule has 0 heterocycles. The van der Waals surface area contributed by atoms with Gasteiger partial charge in [0.25, 0.3) is 5.91 Å². The first kappa shape index (κ1) is 17.5. The zero-order chi connectivity index (χ0) is 15.9. The lowest BCUT2D eigenvalue weighted by atomic mass is 10.1. The minimum absolute atomic E-state index is 0.147. The molecule has 1 atom stereocenters. The van der Waals surface area contributed by atoms with Crippen molar-refractivity contribution < 1.29 is 14.3 Å². The van der Waals surface area contributed by atoms with E-state index in [1.807, 2.05) is 38.1 Å². The summed E-state index contributed by atoms with van der Waals surface area (Å²) in [6.45, 7) is 10.3. The van der Waals surface area contributed by atoms with Crippen LogP contribution in [0.1, 0.15) is 47.5 Å². The molecule has 1 aromatic carbocycles. The fourth-order valence-corrected chi connectivity index (χ4v) is 1.64. The Morgan fingerprint density at radius 1 is 1.24 bits per heavy atom. The molecule has 4 heteroatoms. The smallest absolute Gasteiger partial charge is 0.256 e. The summed E-state index contributed by atoms with van der Waals surface area (Å²) in [6.07, 6.45) is 2.03. The van der Waals surface area contributed by atoms with Crippen molar-refractivity contribution in [1.29, 1.82) is 0 Å². The Bertz CT molecular complexity index is 440. The Morgan fingerprint density at radius 2 is 1.86 bits per heavy atom. The van der Waals surface area contributed by atoms with E-state index in [4.69, 9.17) is 9.47 Å². The molecule has 0 aliphatic carbocycles. The second kappa shape index (κ2) is 8.03. The Morgan fingerprint density at radius 3 is 2.38 bits per heavy atom. The van der Waals surface area contributed by atoms with Crippen molar-refractivity contribution in [2.24, 2.45) is 0 Å². The Kier molecular flexibility index (Phi) is 6.69. The minimum atomic E-state index is -0.831. The molecule has 0 aliphatic rings. The van der Waals surface area contributed by atoms with E-state index in [9.17, 15) is 4.79 Å². The molecular formula is C17H27NO3. The van der Waals surface area contributed by atoms with E-state index in [1.165, 1.54) is 0 Å². The molecule has 0 bridgehead atoms. The van der Waals surface area contributed by atoms with Gasteiger partial charge in [-0.3, -0.25) is 4.79 Å². The molecule has 0 saturated carbocycles. The molecule has 0 unspecified atom stereocenters. The van der Waals surface area contributed by atoms with Gasteiger partial charge in [0, 0.05) is 12.3 Å². The number of benzene rings is 1. The first-order valence-corrected chi connectivity index (χ1v) is 7.61. The van der Waals surface area contributed by atoms with E-state index in [2.05, 4.69) is 12.2 Å². The zero-order valence-corrected chi connectivity index (χ0v) is 13.7. The molecule has 0 radical (unpaired) electrons. The van der Waals surface area contributed by atoms with Crippen LogP contribution in [-0.2, 0) is 9.53 Å². The van der Waals surface area contributed by atoms with Gasteiger partial charge in [-0.2, -0.15) is 0 Å². The highest BCUT2D eigenvalue weighted by atomic mass is 16.5. The average Bonchev–Trinajstić information content (AvgIpc) is 2.47. The molecule has 4 nitrogen and oxygen atoms in total. The molecule has 1 amide bonds. The molecular weight excluding hydrogens is 266 g/mol. The summed E-state index contributed by atoms with van der Waals surface area (Å²) in [5.74, 6) is 0.662. The van der Waals surface area contributed by atoms with Gasteiger partial charge in [-0.05, 0) is 57.9 Å². The van der Waals surface area contributed by atoms with Crippen LogP contribution >= 0.6 is 0 Å². The molecule has 0 fully saturated rings. The van der Waals surface area contributed by atoms with Crippen molar-refractivity contribution in [2.75, 3.05) is 11.9 Å². The van der Waals surface area contributed by atoms with Gasteiger partial charge in [0.2, 0.25) is 0 Å². The SMILES string of the molecule is CCCOC(C)(C)C(=O)Nc1ccc(O[C@@H](C)CC)cc1. The van der Waals surface area contributed by atoms with Crippen LogP contribution in [0.3, 0.4) is 0 Å². The van der Waals surface area contributed by atoms with Crippen molar-refractivity contribution in [3.8, 4) is 5.75 Å². The molecule has 21 heavy (non-hydrogen) atoms. The summed E-state index contributed by atoms with van der Waals surface area (Å²) in [5, 5.41) is 2.87. The molecule has 1 rings (SSSR count). The molecule has 1 aromatic rings. The summed E-state index contributed by atoms with van der Waals surface area (Å²) in [4.78, 5) is 12.2. The van der Waals surface area contributed by atoms with E-state index in [-0.39, 0.29) is 12.0 Å². The summed E-state index contributed by atoms with van der Waals surface area (Å²) in [5.41, 5.74) is -0.0910. The van der Waals surface area contributed by atoms with E-state index < -0.39 is 5.60 Å². The summed E-state index contributed by atoms with van der Waals surface area (Å²) < 4.78 is 11.3. The second-order valence-corrected chi connectivity index (χ2v) is 5.67. The van der Waals surface area contributed by atoms with Gasteiger partial charge >= 0.3 is 0 Å². The maximum Gasteiger partial charge on any atom is 0.256 e. The minimum Gasteiger partial charge on any atom is -0.491 e. The van der Waals surface area contributed by atoms with E-state index >= 15 is 0 Å². The third-order valence-corrected chi connectivity index (χ3v) is 3.24. The third-order valence-electron chi connectivity index (χ3n) is 3.24. The summed E-state index contributed by atoms with van der Waals surface area (Å²) in [7, 11) is 0. The predicted octanol–water partition coefficient (Wildman–Crippen LogP) is 4.01. The van der Waals surface area contributed by atoms with Crippen molar-refractivity contribution in [3.05, 3.63) is 24.3 Å². The fourth-order valence-electron chi connectivity index (χ4n) is 1.64. The van der Waals surface area contributed by atoms with Gasteiger partial charge in [-0.25, -0.2) is 0 Å². The highest BCUT2D eigenvalue weighted by Gasteiger charge is 2.28. The molecule has 0 saturated heterocycles. The fraction of sp³-hybridized carbons (Fsp3) is 0.588. The number of hydrogen-bond acceptors (Lipinski definition) is 3. The van der Waals surface area contributed by atoms with Crippen LogP contribution in [0.4, 0.5) is 5.69 Å². The van der Waals surface area contributed by atoms with Crippen molar-refractivity contribution in [3.63, 3.8) is 0 Å². The molecule has 0 aliphatic heterocycles. The number of rotatable bonds is 8. The van der Waals surface area contributed by atoms with Gasteiger partial charge in [-0.1, -0.05) is 13.8 Å². The normalized spacial score (nSPS) is 12.8. The monoisotopic (exact) mass is 293 g/mol. The highest BCUT2D eigenvalue weighted by molar-refractivity contribution is 5.96. The number of carbonyl (C=O) groups is 1. The first-order valence-electron chi connectivity index (χ1n) is 7.61. The Labute approximate surface area is 127 Å². The van der Waals surface area contributed by atoms with Crippen LogP contribution < -0.4 is 10.1 Å². The zero-order valence-electron chi connectivity index (χ0n) is 13.7. The lowest BCUT2D eigenvalue weighted by Crippen LogP contribution is -2.40. The molecule has 1 N–H and O–H groups in total. The second-order valence-electron chi connectivity index (χ2n) is 5.67. The first-order chi connectivity index (χ1) is 9.89. The van der Waals surface area contributed by atoms with Crippen LogP contribution in [0.2, 0.25) is 0 Å². The standard InChI is InChI=1S/C17H27NO3/c1-6-12-20-17(4,5)16(19)18-14-8-10-15(11-9-14)21-13(3)7-2/h8-11,13H,6-7,12H2,1-5H3,(H,18,19)/t13-/m0/s1. The number of ether oxygens (including phenoxy) is 2. The van der Waals surface area contributed by atoms with Gasteiger partial charge in [-0.15, -0.1) is 0 Å². The number of carbonyl (C=O) groups excluding carboxylic acids is 1. The van der Waals surface area contributed by atoms with Gasteiger partial charge in [0.15, 0.2) is 0 Å². The quantitative estimate of drug-likeness (QED) is 0.788. The number of amides is 1. The Balaban J connectivity index is 2.60. The Hall–Kier alpha value is -1.55. The van der Waals surface area contributed by atoms with Gasteiger partial charge in [0.05, 0.1) is 6.10 Å². The van der Waals surface area contributed by atoms with Crippen LogP contribution in [0, 0.1) is 0 Å². The van der Waals surface area contributed by atoms with E-state index in [0.29, 0.717) is 6.61 Å². The summed E-state index contributed by atoms with van der Waals surface area (Å²) in [6, 6.07) is 7.40. The summed E-state index contributed by atoms with van der Waals surface area (Å²) >= 11 is 0. The van der Waals surface area contributed by atoms with E-state index in [1.54, 1.807) is 13.8 Å². The highest BCUT2D eigenvalue weighted by Crippen LogP contribution is 2.19. The van der Waals surface area contributed by atoms with Crippen molar-refractivity contribution in [2.45, 2.75) is 59.2 Å². The van der Waals surface area contributed by atoms with Crippen LogP contribution in [0.5, 0.6) is 5.75 Å².